The number of nitrogens with zero attached hydrogens (tertiary/aromatic N) is 2. The fourth-order valence-electron chi connectivity index (χ4n) is 2.16. The molecule has 1 aromatic carbocycles. The Morgan fingerprint density at radius 2 is 2.08 bits per heavy atom. The van der Waals surface area contributed by atoms with Gasteiger partial charge >= 0.3 is 6.09 Å². The lowest BCUT2D eigenvalue weighted by Gasteiger charge is -2.12. The van der Waals surface area contributed by atoms with Crippen molar-refractivity contribution in [2.75, 3.05) is 12.4 Å². The topological polar surface area (TPSA) is 89.3 Å². The van der Waals surface area contributed by atoms with Crippen molar-refractivity contribution in [2.45, 2.75) is 45.7 Å². The van der Waals surface area contributed by atoms with Gasteiger partial charge in [-0.15, -0.1) is 0 Å². The Morgan fingerprint density at radius 3 is 2.75 bits per heavy atom. The van der Waals surface area contributed by atoms with Crippen LogP contribution in [0.3, 0.4) is 0 Å². The maximum Gasteiger partial charge on any atom is 0.407 e. The molecule has 0 unspecified atom stereocenters. The second-order valence-electron chi connectivity index (χ2n) is 5.56. The lowest BCUT2D eigenvalue weighted by molar-refractivity contribution is 0.170. The highest BCUT2D eigenvalue weighted by Crippen LogP contribution is 2.18. The van der Waals surface area contributed by atoms with Gasteiger partial charge in [0.15, 0.2) is 5.82 Å². The van der Waals surface area contributed by atoms with Gasteiger partial charge in [-0.05, 0) is 31.0 Å². The summed E-state index contributed by atoms with van der Waals surface area (Å²) in [7, 11) is 1.34. The Hall–Kier alpha value is -2.57. The van der Waals surface area contributed by atoms with Crippen molar-refractivity contribution < 1.29 is 14.1 Å². The smallest absolute Gasteiger partial charge is 0.407 e. The zero-order chi connectivity index (χ0) is 17.4. The summed E-state index contributed by atoms with van der Waals surface area (Å²) in [5, 5.41) is 9.96. The molecule has 1 amide bonds. The fourth-order valence-corrected chi connectivity index (χ4v) is 2.16. The van der Waals surface area contributed by atoms with Crippen molar-refractivity contribution in [3.05, 3.63) is 41.5 Å². The number of benzene rings is 1. The van der Waals surface area contributed by atoms with Crippen molar-refractivity contribution in [1.29, 1.82) is 0 Å². The molecule has 2 rings (SSSR count). The minimum Gasteiger partial charge on any atom is -0.453 e. The van der Waals surface area contributed by atoms with E-state index in [-0.39, 0.29) is 6.04 Å². The molecule has 1 heterocycles. The molecule has 130 valence electrons. The Bertz CT molecular complexity index is 640. The van der Waals surface area contributed by atoms with Crippen molar-refractivity contribution in [3.8, 4) is 0 Å². The van der Waals surface area contributed by atoms with E-state index >= 15 is 0 Å². The van der Waals surface area contributed by atoms with E-state index in [0.29, 0.717) is 12.4 Å². The lowest BCUT2D eigenvalue weighted by Crippen LogP contribution is -2.22. The van der Waals surface area contributed by atoms with E-state index in [1.54, 1.807) is 0 Å². The molecular weight excluding hydrogens is 308 g/mol. The molecule has 0 aliphatic carbocycles. The molecule has 7 nitrogen and oxygen atoms in total. The first-order valence-corrected chi connectivity index (χ1v) is 8.12. The van der Waals surface area contributed by atoms with Gasteiger partial charge in [0.25, 0.3) is 0 Å². The number of aryl methyl sites for hydroxylation is 1. The van der Waals surface area contributed by atoms with E-state index in [4.69, 9.17) is 4.52 Å². The van der Waals surface area contributed by atoms with Crippen LogP contribution in [0.25, 0.3) is 0 Å². The number of ether oxygens (including phenoxy) is 1. The maximum absolute atomic E-state index is 11.1. The van der Waals surface area contributed by atoms with Gasteiger partial charge < -0.3 is 19.9 Å². The van der Waals surface area contributed by atoms with E-state index in [9.17, 15) is 4.79 Å². The molecule has 0 aliphatic rings. The van der Waals surface area contributed by atoms with E-state index in [2.05, 4.69) is 32.4 Å². The van der Waals surface area contributed by atoms with E-state index in [1.165, 1.54) is 7.11 Å². The molecule has 0 bridgehead atoms. The summed E-state index contributed by atoms with van der Waals surface area (Å²) in [4.78, 5) is 15.5. The van der Waals surface area contributed by atoms with Crippen LogP contribution in [0.1, 0.15) is 50.0 Å². The average Bonchev–Trinajstić information content (AvgIpc) is 3.08. The van der Waals surface area contributed by atoms with Crippen LogP contribution in [0.5, 0.6) is 0 Å². The van der Waals surface area contributed by atoms with Gasteiger partial charge in [0.1, 0.15) is 6.04 Å². The highest BCUT2D eigenvalue weighted by Gasteiger charge is 2.14. The van der Waals surface area contributed by atoms with Crippen LogP contribution in [0.2, 0.25) is 0 Å². The van der Waals surface area contributed by atoms with Gasteiger partial charge in [0.05, 0.1) is 7.11 Å². The van der Waals surface area contributed by atoms with Crippen LogP contribution < -0.4 is 10.6 Å². The second-order valence-corrected chi connectivity index (χ2v) is 5.56. The SMILES string of the molecule is CCCCc1noc([C@@H](C)Nc2ccc(CNC(=O)OC)cc2)n1. The highest BCUT2D eigenvalue weighted by molar-refractivity contribution is 5.66. The summed E-state index contributed by atoms with van der Waals surface area (Å²) in [6, 6.07) is 7.68. The number of amides is 1. The number of unbranched alkanes of at least 4 members (excludes halogenated alkanes) is 1. The van der Waals surface area contributed by atoms with Crippen molar-refractivity contribution in [3.63, 3.8) is 0 Å². The molecule has 0 spiro atoms. The van der Waals surface area contributed by atoms with Crippen LogP contribution in [-0.2, 0) is 17.7 Å². The first-order chi connectivity index (χ1) is 11.6. The van der Waals surface area contributed by atoms with Gasteiger partial charge in [0.2, 0.25) is 5.89 Å². The zero-order valence-corrected chi connectivity index (χ0v) is 14.3. The second kappa shape index (κ2) is 8.90. The van der Waals surface area contributed by atoms with Gasteiger partial charge in [-0.25, -0.2) is 4.79 Å². The molecule has 1 atom stereocenters. The predicted octanol–water partition coefficient (Wildman–Crippen LogP) is 3.44. The summed E-state index contributed by atoms with van der Waals surface area (Å²) >= 11 is 0. The highest BCUT2D eigenvalue weighted by atomic mass is 16.5. The summed E-state index contributed by atoms with van der Waals surface area (Å²) < 4.78 is 9.85. The molecule has 2 N–H and O–H groups in total. The average molecular weight is 332 g/mol. The first kappa shape index (κ1) is 17.8. The molecule has 0 radical (unpaired) electrons. The van der Waals surface area contributed by atoms with E-state index < -0.39 is 6.09 Å². The van der Waals surface area contributed by atoms with Crippen molar-refractivity contribution in [2.24, 2.45) is 0 Å². The number of methoxy groups -OCH3 is 1. The Kier molecular flexibility index (Phi) is 6.60. The monoisotopic (exact) mass is 332 g/mol. The Labute approximate surface area is 141 Å². The third kappa shape index (κ3) is 5.26. The third-order valence-corrected chi connectivity index (χ3v) is 3.57. The maximum atomic E-state index is 11.1. The van der Waals surface area contributed by atoms with E-state index in [1.807, 2.05) is 31.2 Å². The number of hydrogen-bond donors (Lipinski definition) is 2. The number of anilines is 1. The number of aromatic nitrogens is 2. The van der Waals surface area contributed by atoms with Crippen molar-refractivity contribution >= 4 is 11.8 Å². The summed E-state index contributed by atoms with van der Waals surface area (Å²) in [6.45, 7) is 4.53. The van der Waals surface area contributed by atoms with Crippen LogP contribution >= 0.6 is 0 Å². The molecule has 7 heteroatoms. The van der Waals surface area contributed by atoms with Gasteiger partial charge in [-0.2, -0.15) is 4.98 Å². The number of alkyl carbamates (subject to hydrolysis) is 1. The van der Waals surface area contributed by atoms with Crippen LogP contribution in [-0.4, -0.2) is 23.3 Å². The summed E-state index contributed by atoms with van der Waals surface area (Å²) in [5.41, 5.74) is 1.93. The molecular formula is C17H24N4O3. The molecule has 0 aliphatic heterocycles. The van der Waals surface area contributed by atoms with Gasteiger partial charge in [-0.3, -0.25) is 0 Å². The number of rotatable bonds is 8. The molecule has 1 aromatic heterocycles. The minimum atomic E-state index is -0.443. The minimum absolute atomic E-state index is 0.0769. The van der Waals surface area contributed by atoms with E-state index in [0.717, 1.165) is 36.3 Å². The number of hydrogen-bond acceptors (Lipinski definition) is 6. The third-order valence-electron chi connectivity index (χ3n) is 3.57. The summed E-state index contributed by atoms with van der Waals surface area (Å²) in [5.74, 6) is 1.34. The largest absolute Gasteiger partial charge is 0.453 e. The molecule has 2 aromatic rings. The first-order valence-electron chi connectivity index (χ1n) is 8.12. The van der Waals surface area contributed by atoms with Crippen LogP contribution in [0, 0.1) is 0 Å². The van der Waals surface area contributed by atoms with Crippen molar-refractivity contribution in [1.82, 2.24) is 15.5 Å². The molecule has 0 fully saturated rings. The molecule has 24 heavy (non-hydrogen) atoms. The Balaban J connectivity index is 1.88. The predicted molar refractivity (Wildman–Crippen MR) is 90.6 cm³/mol. The quantitative estimate of drug-likeness (QED) is 0.769. The molecule has 0 saturated carbocycles. The molecule has 0 saturated heterocycles. The van der Waals surface area contributed by atoms with Crippen LogP contribution in [0.4, 0.5) is 10.5 Å². The standard InChI is InChI=1S/C17H24N4O3/c1-4-5-6-15-20-16(24-21-15)12(2)19-14-9-7-13(8-10-14)11-18-17(22)23-3/h7-10,12,19H,4-6,11H2,1-3H3,(H,18,22)/t12-/m1/s1. The van der Waals surface area contributed by atoms with Crippen LogP contribution in [0.15, 0.2) is 28.8 Å². The Morgan fingerprint density at radius 1 is 1.33 bits per heavy atom. The summed E-state index contributed by atoms with van der Waals surface area (Å²) in [6.07, 6.45) is 2.56. The van der Waals surface area contributed by atoms with Gasteiger partial charge in [0, 0.05) is 18.7 Å². The van der Waals surface area contributed by atoms with Gasteiger partial charge in [-0.1, -0.05) is 30.6 Å². The zero-order valence-electron chi connectivity index (χ0n) is 14.3. The number of carbonyl (C=O) groups is 1. The number of nitrogens with one attached hydrogen (secondary N) is 2. The normalized spacial score (nSPS) is 11.8. The number of carbonyl (C=O) groups excluding carboxylic acids is 1. The fraction of sp³-hybridized carbons (Fsp3) is 0.471. The lowest BCUT2D eigenvalue weighted by atomic mass is 10.2.